The van der Waals surface area contributed by atoms with E-state index in [0.717, 1.165) is 29.1 Å². The predicted octanol–water partition coefficient (Wildman–Crippen LogP) is 5.46. The van der Waals surface area contributed by atoms with Gasteiger partial charge in [0.25, 0.3) is 11.8 Å². The van der Waals surface area contributed by atoms with Crippen molar-refractivity contribution in [1.29, 1.82) is 0 Å². The lowest BCUT2D eigenvalue weighted by molar-refractivity contribution is -0.137. The highest BCUT2D eigenvalue weighted by atomic mass is 19.4. The van der Waals surface area contributed by atoms with Gasteiger partial charge in [0.1, 0.15) is 0 Å². The number of nitrogens with zero attached hydrogens (tertiary/aromatic N) is 4. The maximum atomic E-state index is 13.6. The number of hydrogen-bond donors (Lipinski definition) is 3. The number of H-pyrrole nitrogens is 1. The van der Waals surface area contributed by atoms with Crippen LogP contribution in [0, 0.1) is 6.92 Å². The molecule has 9 nitrogen and oxygen atoms in total. The summed E-state index contributed by atoms with van der Waals surface area (Å²) >= 11 is 0. The molecule has 0 aliphatic heterocycles. The third-order valence-electron chi connectivity index (χ3n) is 6.51. The summed E-state index contributed by atoms with van der Waals surface area (Å²) in [5.41, 5.74) is 2.88. The summed E-state index contributed by atoms with van der Waals surface area (Å²) in [5.74, 6) is -0.991. The summed E-state index contributed by atoms with van der Waals surface area (Å²) in [6, 6.07) is 13.9. The summed E-state index contributed by atoms with van der Waals surface area (Å²) < 4.78 is 42.2. The van der Waals surface area contributed by atoms with Crippen molar-refractivity contribution in [3.05, 3.63) is 95.7 Å². The first-order valence-electron chi connectivity index (χ1n) is 12.1. The summed E-state index contributed by atoms with van der Waals surface area (Å²) in [6.45, 7) is 1.90. The number of carbonyl (C=O) groups excluding carboxylic acids is 2. The van der Waals surface area contributed by atoms with E-state index in [0.29, 0.717) is 22.3 Å². The van der Waals surface area contributed by atoms with Crippen LogP contribution < -0.4 is 15.5 Å². The highest BCUT2D eigenvalue weighted by molar-refractivity contribution is 6.06. The fourth-order valence-electron chi connectivity index (χ4n) is 4.37. The van der Waals surface area contributed by atoms with Crippen molar-refractivity contribution in [1.82, 2.24) is 25.1 Å². The standard InChI is InChI=1S/C28H24F3N7O2/c1-16-4-5-19(13-24(16)37(3)20-6-7-22-23(14-20)35-36-25(22)27(40)32-2)34-26(39)17-10-18(28(29,30)31)12-21(11-17)38-9-8-33-15-38/h4-15H,1-3H3,(H,32,40)(H,34,39)(H,35,36). The van der Waals surface area contributed by atoms with Gasteiger partial charge in [-0.1, -0.05) is 6.07 Å². The van der Waals surface area contributed by atoms with E-state index in [1.54, 1.807) is 18.2 Å². The fraction of sp³-hybridized carbons (Fsp3) is 0.143. The number of benzene rings is 3. The molecule has 0 saturated carbocycles. The number of rotatable bonds is 6. The lowest BCUT2D eigenvalue weighted by atomic mass is 10.1. The molecule has 2 heterocycles. The second kappa shape index (κ2) is 10.2. The van der Waals surface area contributed by atoms with E-state index in [1.165, 1.54) is 36.4 Å². The van der Waals surface area contributed by atoms with Crippen molar-refractivity contribution in [2.45, 2.75) is 13.1 Å². The van der Waals surface area contributed by atoms with Crippen LogP contribution in [0.2, 0.25) is 0 Å². The molecule has 204 valence electrons. The van der Waals surface area contributed by atoms with E-state index in [-0.39, 0.29) is 17.2 Å². The van der Waals surface area contributed by atoms with E-state index in [2.05, 4.69) is 25.8 Å². The second-order valence-corrected chi connectivity index (χ2v) is 9.13. The van der Waals surface area contributed by atoms with Crippen LogP contribution in [-0.4, -0.2) is 45.7 Å². The molecule has 0 aliphatic rings. The first-order valence-corrected chi connectivity index (χ1v) is 12.1. The minimum atomic E-state index is -4.64. The Labute approximate surface area is 226 Å². The third kappa shape index (κ3) is 5.10. The number of hydrogen-bond acceptors (Lipinski definition) is 5. The van der Waals surface area contributed by atoms with E-state index in [4.69, 9.17) is 0 Å². The van der Waals surface area contributed by atoms with Gasteiger partial charge in [0.15, 0.2) is 5.69 Å². The van der Waals surface area contributed by atoms with Gasteiger partial charge in [-0.25, -0.2) is 4.98 Å². The van der Waals surface area contributed by atoms with Gasteiger partial charge in [-0.2, -0.15) is 18.3 Å². The fourth-order valence-corrected chi connectivity index (χ4v) is 4.37. The number of amides is 2. The molecule has 2 aromatic heterocycles. The molecular formula is C28H24F3N7O2. The van der Waals surface area contributed by atoms with Crippen LogP contribution in [0.25, 0.3) is 16.6 Å². The lowest BCUT2D eigenvalue weighted by Gasteiger charge is -2.23. The minimum Gasteiger partial charge on any atom is -0.354 e. The number of anilines is 3. The number of aryl methyl sites for hydroxylation is 1. The zero-order chi connectivity index (χ0) is 28.6. The van der Waals surface area contributed by atoms with Gasteiger partial charge in [0, 0.05) is 60.2 Å². The van der Waals surface area contributed by atoms with Gasteiger partial charge >= 0.3 is 6.18 Å². The molecular weight excluding hydrogens is 523 g/mol. The number of nitrogens with one attached hydrogen (secondary N) is 3. The average molecular weight is 548 g/mol. The Morgan fingerprint density at radius 3 is 2.52 bits per heavy atom. The Balaban J connectivity index is 1.43. The van der Waals surface area contributed by atoms with Gasteiger partial charge in [-0.15, -0.1) is 0 Å². The molecule has 0 fully saturated rings. The molecule has 5 rings (SSSR count). The Bertz CT molecular complexity index is 1730. The van der Waals surface area contributed by atoms with Crippen molar-refractivity contribution in [2.24, 2.45) is 0 Å². The highest BCUT2D eigenvalue weighted by Gasteiger charge is 2.32. The highest BCUT2D eigenvalue weighted by Crippen LogP contribution is 2.33. The van der Waals surface area contributed by atoms with Gasteiger partial charge < -0.3 is 20.1 Å². The van der Waals surface area contributed by atoms with Gasteiger partial charge in [-0.05, 0) is 61.0 Å². The topological polar surface area (TPSA) is 108 Å². The van der Waals surface area contributed by atoms with Crippen LogP contribution >= 0.6 is 0 Å². The monoisotopic (exact) mass is 547 g/mol. The van der Waals surface area contributed by atoms with E-state index >= 15 is 0 Å². The van der Waals surface area contributed by atoms with Gasteiger partial charge in [0.05, 0.1) is 17.4 Å². The molecule has 2 amide bonds. The van der Waals surface area contributed by atoms with E-state index in [1.807, 2.05) is 37.1 Å². The van der Waals surface area contributed by atoms with Crippen LogP contribution in [-0.2, 0) is 6.18 Å². The maximum absolute atomic E-state index is 13.6. The number of carbonyl (C=O) groups is 2. The number of alkyl halides is 3. The third-order valence-corrected chi connectivity index (χ3v) is 6.51. The van der Waals surface area contributed by atoms with Crippen LogP contribution in [0.3, 0.4) is 0 Å². The Morgan fingerprint density at radius 2 is 1.82 bits per heavy atom. The largest absolute Gasteiger partial charge is 0.416 e. The number of aromatic nitrogens is 4. The summed E-state index contributed by atoms with van der Waals surface area (Å²) in [5, 5.41) is 12.9. The molecule has 0 bridgehead atoms. The summed E-state index contributed by atoms with van der Waals surface area (Å²) in [4.78, 5) is 30.9. The van der Waals surface area contributed by atoms with Crippen molar-refractivity contribution >= 4 is 39.8 Å². The van der Waals surface area contributed by atoms with E-state index < -0.39 is 17.6 Å². The zero-order valence-corrected chi connectivity index (χ0v) is 21.7. The molecule has 40 heavy (non-hydrogen) atoms. The van der Waals surface area contributed by atoms with Gasteiger partial charge in [0.2, 0.25) is 0 Å². The van der Waals surface area contributed by atoms with Crippen LogP contribution in [0.5, 0.6) is 0 Å². The summed E-state index contributed by atoms with van der Waals surface area (Å²) in [7, 11) is 3.38. The minimum absolute atomic E-state index is 0.148. The average Bonchev–Trinajstić information content (AvgIpc) is 3.63. The Morgan fingerprint density at radius 1 is 1.02 bits per heavy atom. The zero-order valence-electron chi connectivity index (χ0n) is 21.7. The first-order chi connectivity index (χ1) is 19.0. The first kappa shape index (κ1) is 26.5. The number of fused-ring (bicyclic) bond motifs is 1. The maximum Gasteiger partial charge on any atom is 0.416 e. The molecule has 3 N–H and O–H groups in total. The molecule has 3 aromatic carbocycles. The van der Waals surface area contributed by atoms with Crippen LogP contribution in [0.4, 0.5) is 30.2 Å². The predicted molar refractivity (Wildman–Crippen MR) is 145 cm³/mol. The molecule has 0 unspecified atom stereocenters. The molecule has 0 saturated heterocycles. The van der Waals surface area contributed by atoms with E-state index in [9.17, 15) is 22.8 Å². The molecule has 0 radical (unpaired) electrons. The lowest BCUT2D eigenvalue weighted by Crippen LogP contribution is -2.18. The van der Waals surface area contributed by atoms with Crippen molar-refractivity contribution in [2.75, 3.05) is 24.3 Å². The molecule has 5 aromatic rings. The molecule has 0 spiro atoms. The second-order valence-electron chi connectivity index (χ2n) is 9.13. The smallest absolute Gasteiger partial charge is 0.354 e. The number of halogens is 3. The molecule has 0 aliphatic carbocycles. The van der Waals surface area contributed by atoms with Crippen LogP contribution in [0.15, 0.2) is 73.3 Å². The van der Waals surface area contributed by atoms with Crippen molar-refractivity contribution in [3.8, 4) is 5.69 Å². The molecule has 12 heteroatoms. The SMILES string of the molecule is CNC(=O)c1n[nH]c2cc(N(C)c3cc(NC(=O)c4cc(-n5ccnc5)cc(C(F)(F)F)c4)ccc3C)ccc12. The number of imidazole rings is 1. The van der Waals surface area contributed by atoms with Crippen molar-refractivity contribution in [3.63, 3.8) is 0 Å². The van der Waals surface area contributed by atoms with Gasteiger partial charge in [-0.3, -0.25) is 14.7 Å². The normalized spacial score (nSPS) is 11.4. The Kier molecular flexibility index (Phi) is 6.76. The van der Waals surface area contributed by atoms with Crippen LogP contribution in [0.1, 0.15) is 32.0 Å². The quantitative estimate of drug-likeness (QED) is 0.262. The van der Waals surface area contributed by atoms with Crippen molar-refractivity contribution < 1.29 is 22.8 Å². The molecule has 0 atom stereocenters. The number of aromatic amines is 1. The summed E-state index contributed by atoms with van der Waals surface area (Å²) in [6.07, 6.45) is -0.337. The Hall–Kier alpha value is -5.13.